The maximum Gasteiger partial charge on any atom is 0.243 e. The summed E-state index contributed by atoms with van der Waals surface area (Å²) in [5, 5.41) is 4.35. The summed E-state index contributed by atoms with van der Waals surface area (Å²) in [6.45, 7) is 5.10. The van der Waals surface area contributed by atoms with E-state index in [1.807, 2.05) is 38.1 Å². The fraction of sp³-hybridized carbons (Fsp3) is 0.407. The summed E-state index contributed by atoms with van der Waals surface area (Å²) in [5.41, 5.74) is 2.41. The molecular formula is C27H33N3O4S2. The Bertz CT molecular complexity index is 1320. The molecule has 0 radical (unpaired) electrons. The third-order valence-corrected chi connectivity index (χ3v) is 9.65. The number of anilines is 1. The molecule has 3 aromatic rings. The van der Waals surface area contributed by atoms with Crippen molar-refractivity contribution >= 4 is 44.3 Å². The minimum atomic E-state index is -3.52. The number of thioether (sulfide) groups is 1. The number of aryl methyl sites for hydroxylation is 1. The van der Waals surface area contributed by atoms with Gasteiger partial charge in [-0.1, -0.05) is 43.7 Å². The molecule has 7 nitrogen and oxygen atoms in total. The number of pyridine rings is 1. The molecule has 192 valence electrons. The zero-order valence-corrected chi connectivity index (χ0v) is 22.6. The van der Waals surface area contributed by atoms with E-state index in [0.717, 1.165) is 47.2 Å². The molecule has 9 heteroatoms. The zero-order chi connectivity index (χ0) is 25.7. The van der Waals surface area contributed by atoms with E-state index < -0.39 is 10.0 Å². The van der Waals surface area contributed by atoms with Gasteiger partial charge in [0.1, 0.15) is 11.3 Å². The number of carbonyl (C=O) groups is 1. The third kappa shape index (κ3) is 5.85. The van der Waals surface area contributed by atoms with Crippen molar-refractivity contribution < 1.29 is 17.9 Å². The van der Waals surface area contributed by atoms with Gasteiger partial charge in [-0.15, -0.1) is 0 Å². The van der Waals surface area contributed by atoms with Gasteiger partial charge in [0.25, 0.3) is 0 Å². The van der Waals surface area contributed by atoms with Gasteiger partial charge in [-0.25, -0.2) is 13.4 Å². The average Bonchev–Trinajstić information content (AvgIpc) is 3.18. The highest BCUT2D eigenvalue weighted by atomic mass is 32.2. The zero-order valence-electron chi connectivity index (χ0n) is 21.0. The van der Waals surface area contributed by atoms with E-state index in [2.05, 4.69) is 5.32 Å². The second-order valence-electron chi connectivity index (χ2n) is 8.98. The largest absolute Gasteiger partial charge is 0.494 e. The van der Waals surface area contributed by atoms with Crippen molar-refractivity contribution in [3.63, 3.8) is 0 Å². The van der Waals surface area contributed by atoms with E-state index in [0.29, 0.717) is 30.9 Å². The Kier molecular flexibility index (Phi) is 8.54. The number of amides is 1. The summed E-state index contributed by atoms with van der Waals surface area (Å²) in [4.78, 5) is 18.1. The van der Waals surface area contributed by atoms with Crippen molar-refractivity contribution in [3.05, 3.63) is 54.1 Å². The maximum atomic E-state index is 13.1. The van der Waals surface area contributed by atoms with Crippen molar-refractivity contribution in [2.75, 3.05) is 25.5 Å². The van der Waals surface area contributed by atoms with Crippen LogP contribution in [0.3, 0.4) is 0 Å². The summed E-state index contributed by atoms with van der Waals surface area (Å²) < 4.78 is 33.1. The molecule has 36 heavy (non-hydrogen) atoms. The van der Waals surface area contributed by atoms with Crippen molar-refractivity contribution in [3.8, 4) is 5.75 Å². The fourth-order valence-electron chi connectivity index (χ4n) is 4.42. The first-order valence-electron chi connectivity index (χ1n) is 12.4. The maximum absolute atomic E-state index is 13.1. The van der Waals surface area contributed by atoms with Crippen LogP contribution in [-0.2, 0) is 14.8 Å². The van der Waals surface area contributed by atoms with Gasteiger partial charge in [0.05, 0.1) is 22.3 Å². The van der Waals surface area contributed by atoms with Gasteiger partial charge in [-0.3, -0.25) is 4.79 Å². The van der Waals surface area contributed by atoms with Crippen LogP contribution >= 0.6 is 11.8 Å². The Hall–Kier alpha value is -2.62. The van der Waals surface area contributed by atoms with Gasteiger partial charge in [-0.2, -0.15) is 4.31 Å². The number of aromatic nitrogens is 1. The number of hydrogen-bond donors (Lipinski definition) is 1. The number of methoxy groups -OCH3 is 1. The normalized spacial score (nSPS) is 15.9. The second-order valence-corrected chi connectivity index (χ2v) is 12.1. The van der Waals surface area contributed by atoms with Gasteiger partial charge < -0.3 is 10.1 Å². The molecule has 0 aliphatic carbocycles. The molecule has 1 aliphatic heterocycles. The van der Waals surface area contributed by atoms with Gasteiger partial charge in [0, 0.05) is 24.2 Å². The first-order chi connectivity index (χ1) is 17.3. The molecule has 0 saturated carbocycles. The van der Waals surface area contributed by atoms with Gasteiger partial charge in [0.15, 0.2) is 0 Å². The summed E-state index contributed by atoms with van der Waals surface area (Å²) in [5.74, 6) is 0.552. The molecule has 2 heterocycles. The van der Waals surface area contributed by atoms with E-state index in [-0.39, 0.29) is 16.1 Å². The highest BCUT2D eigenvalue weighted by Crippen LogP contribution is 2.32. The number of ether oxygens (including phenoxy) is 1. The standard InChI is InChI=1S/C27H33N3O4S2/c1-4-24(35-25-18-19(2)22-10-9-11-23(34-3)26(22)29-25)27(31)28-20-12-14-21(15-13-20)36(32,33)30-16-7-5-6-8-17-30/h9-15,18,24H,4-8,16-17H2,1-3H3,(H,28,31). The van der Waals surface area contributed by atoms with Crippen molar-refractivity contribution in [2.24, 2.45) is 0 Å². The third-order valence-electron chi connectivity index (χ3n) is 6.46. The fourth-order valence-corrected chi connectivity index (χ4v) is 6.95. The van der Waals surface area contributed by atoms with Crippen LogP contribution in [0.1, 0.15) is 44.6 Å². The van der Waals surface area contributed by atoms with Crippen LogP contribution < -0.4 is 10.1 Å². The molecule has 1 atom stereocenters. The minimum absolute atomic E-state index is 0.148. The molecule has 0 bridgehead atoms. The monoisotopic (exact) mass is 527 g/mol. The quantitative estimate of drug-likeness (QED) is 0.382. The summed E-state index contributed by atoms with van der Waals surface area (Å²) >= 11 is 1.41. The lowest BCUT2D eigenvalue weighted by atomic mass is 10.1. The lowest BCUT2D eigenvalue weighted by molar-refractivity contribution is -0.115. The van der Waals surface area contributed by atoms with Crippen LogP contribution in [0.2, 0.25) is 0 Å². The Morgan fingerprint density at radius 3 is 2.44 bits per heavy atom. The molecular weight excluding hydrogens is 494 g/mol. The van der Waals surface area contributed by atoms with Crippen LogP contribution in [0.25, 0.3) is 10.9 Å². The predicted octanol–water partition coefficient (Wildman–Crippen LogP) is 5.63. The van der Waals surface area contributed by atoms with E-state index in [9.17, 15) is 13.2 Å². The highest BCUT2D eigenvalue weighted by Gasteiger charge is 2.25. The van der Waals surface area contributed by atoms with Crippen molar-refractivity contribution in [2.45, 2.75) is 61.1 Å². The van der Waals surface area contributed by atoms with Crippen LogP contribution in [0.5, 0.6) is 5.75 Å². The summed E-state index contributed by atoms with van der Waals surface area (Å²) in [7, 11) is -1.90. The van der Waals surface area contributed by atoms with Gasteiger partial charge in [-0.05, 0) is 68.1 Å². The molecule has 0 spiro atoms. The average molecular weight is 528 g/mol. The molecule has 1 aromatic heterocycles. The smallest absolute Gasteiger partial charge is 0.243 e. The number of nitrogens with one attached hydrogen (secondary N) is 1. The number of para-hydroxylation sites is 1. The molecule has 1 fully saturated rings. The van der Waals surface area contributed by atoms with Gasteiger partial charge in [0.2, 0.25) is 15.9 Å². The predicted molar refractivity (Wildman–Crippen MR) is 145 cm³/mol. The van der Waals surface area contributed by atoms with Crippen LogP contribution in [-0.4, -0.2) is 49.1 Å². The van der Waals surface area contributed by atoms with E-state index in [1.165, 1.54) is 11.8 Å². The lowest BCUT2D eigenvalue weighted by Gasteiger charge is -2.20. The van der Waals surface area contributed by atoms with E-state index in [1.54, 1.807) is 35.7 Å². The topological polar surface area (TPSA) is 88.6 Å². The molecule has 1 saturated heterocycles. The molecule has 1 N–H and O–H groups in total. The molecule has 1 unspecified atom stereocenters. The van der Waals surface area contributed by atoms with Crippen molar-refractivity contribution in [1.29, 1.82) is 0 Å². The Morgan fingerprint density at radius 2 is 1.81 bits per heavy atom. The van der Waals surface area contributed by atoms with Crippen LogP contribution in [0, 0.1) is 6.92 Å². The molecule has 1 amide bonds. The van der Waals surface area contributed by atoms with Crippen LogP contribution in [0.15, 0.2) is 58.5 Å². The summed E-state index contributed by atoms with van der Waals surface area (Å²) in [6.07, 6.45) is 4.52. The highest BCUT2D eigenvalue weighted by molar-refractivity contribution is 8.00. The van der Waals surface area contributed by atoms with Crippen LogP contribution in [0.4, 0.5) is 5.69 Å². The summed E-state index contributed by atoms with van der Waals surface area (Å²) in [6, 6.07) is 14.3. The number of sulfonamides is 1. The van der Waals surface area contributed by atoms with Gasteiger partial charge >= 0.3 is 0 Å². The number of benzene rings is 2. The Morgan fingerprint density at radius 1 is 1.11 bits per heavy atom. The SMILES string of the molecule is CCC(Sc1cc(C)c2cccc(OC)c2n1)C(=O)Nc1ccc(S(=O)(=O)N2CCCCCC2)cc1. The van der Waals surface area contributed by atoms with E-state index in [4.69, 9.17) is 9.72 Å². The lowest BCUT2D eigenvalue weighted by Crippen LogP contribution is -2.31. The first kappa shape index (κ1) is 26.4. The molecule has 4 rings (SSSR count). The number of carbonyl (C=O) groups excluding carboxylic acids is 1. The molecule has 2 aromatic carbocycles. The number of nitrogens with zero attached hydrogens (tertiary/aromatic N) is 2. The Labute approximate surface area is 217 Å². The minimum Gasteiger partial charge on any atom is -0.494 e. The second kappa shape index (κ2) is 11.6. The number of hydrogen-bond acceptors (Lipinski definition) is 6. The number of fused-ring (bicyclic) bond motifs is 1. The number of rotatable bonds is 8. The molecule has 1 aliphatic rings. The van der Waals surface area contributed by atoms with E-state index >= 15 is 0 Å². The Balaban J connectivity index is 1.46. The van der Waals surface area contributed by atoms with Crippen molar-refractivity contribution in [1.82, 2.24) is 9.29 Å². The first-order valence-corrected chi connectivity index (χ1v) is 14.7.